The van der Waals surface area contributed by atoms with E-state index in [9.17, 15) is 0 Å². The molecule has 0 aliphatic carbocycles. The maximum Gasteiger partial charge on any atom is 0.190 e. The lowest BCUT2D eigenvalue weighted by atomic mass is 10.2. The summed E-state index contributed by atoms with van der Waals surface area (Å²) in [7, 11) is 1.78. The van der Waals surface area contributed by atoms with Crippen molar-refractivity contribution in [2.24, 2.45) is 4.99 Å². The smallest absolute Gasteiger partial charge is 0.190 e. The van der Waals surface area contributed by atoms with Gasteiger partial charge in [-0.1, -0.05) is 23.7 Å². The molecule has 0 bridgehead atoms. The van der Waals surface area contributed by atoms with Crippen molar-refractivity contribution in [3.63, 3.8) is 0 Å². The maximum atomic E-state index is 5.76. The van der Waals surface area contributed by atoms with Crippen molar-refractivity contribution in [3.05, 3.63) is 51.4 Å². The Morgan fingerprint density at radius 2 is 2.00 bits per heavy atom. The summed E-state index contributed by atoms with van der Waals surface area (Å²) in [4.78, 5) is 9.66. The van der Waals surface area contributed by atoms with Gasteiger partial charge in [-0.05, 0) is 35.9 Å². The molecule has 0 aliphatic heterocycles. The van der Waals surface area contributed by atoms with Gasteiger partial charge in [-0.3, -0.25) is 4.99 Å². The Bertz CT molecular complexity index is 557. The summed E-state index contributed by atoms with van der Waals surface area (Å²) in [5.74, 6) is 0.827. The third-order valence-corrected chi connectivity index (χ3v) is 4.12. The van der Waals surface area contributed by atoms with Crippen LogP contribution in [0.5, 0.6) is 0 Å². The molecule has 2 heterocycles. The number of nitrogens with one attached hydrogen (secondary N) is 2. The van der Waals surface area contributed by atoms with Crippen molar-refractivity contribution in [2.75, 3.05) is 20.1 Å². The Balaban J connectivity index is 0.00000242. The number of aliphatic imine (C=N–C) groups is 1. The molecule has 22 heavy (non-hydrogen) atoms. The van der Waals surface area contributed by atoms with Crippen LogP contribution < -0.4 is 10.6 Å². The summed E-state index contributed by atoms with van der Waals surface area (Å²) in [6.07, 6.45) is 3.70. The van der Waals surface area contributed by atoms with Crippen molar-refractivity contribution in [1.82, 2.24) is 15.6 Å². The number of halogens is 2. The molecule has 0 spiro atoms. The van der Waals surface area contributed by atoms with Gasteiger partial charge in [0.25, 0.3) is 0 Å². The minimum Gasteiger partial charge on any atom is -0.356 e. The summed E-state index contributed by atoms with van der Waals surface area (Å²) in [6, 6.07) is 8.03. The van der Waals surface area contributed by atoms with Crippen LogP contribution >= 0.6 is 46.9 Å². The molecule has 4 nitrogen and oxygen atoms in total. The Morgan fingerprint density at radius 1 is 1.23 bits per heavy atom. The van der Waals surface area contributed by atoms with E-state index in [1.807, 2.05) is 12.1 Å². The molecule has 120 valence electrons. The lowest BCUT2D eigenvalue weighted by Gasteiger charge is -2.11. The van der Waals surface area contributed by atoms with Crippen molar-refractivity contribution in [2.45, 2.75) is 12.8 Å². The fraction of sp³-hybridized carbons (Fsp3) is 0.333. The first-order valence-corrected chi connectivity index (χ1v) is 8.11. The molecular weight excluding hydrogens is 431 g/mol. The highest BCUT2D eigenvalue weighted by Crippen LogP contribution is 2.08. The van der Waals surface area contributed by atoms with Crippen molar-refractivity contribution < 1.29 is 0 Å². The van der Waals surface area contributed by atoms with Gasteiger partial charge in [0.2, 0.25) is 0 Å². The number of hydrogen-bond acceptors (Lipinski definition) is 3. The minimum atomic E-state index is 0. The third-order valence-electron chi connectivity index (χ3n) is 2.96. The second-order valence-electron chi connectivity index (χ2n) is 4.49. The van der Waals surface area contributed by atoms with E-state index in [0.717, 1.165) is 37.5 Å². The number of pyridine rings is 1. The van der Waals surface area contributed by atoms with E-state index in [0.29, 0.717) is 5.15 Å². The molecule has 0 radical (unpaired) electrons. The molecule has 0 aliphatic rings. The van der Waals surface area contributed by atoms with E-state index in [1.54, 1.807) is 24.6 Å². The average molecular weight is 451 g/mol. The normalized spacial score (nSPS) is 10.9. The van der Waals surface area contributed by atoms with Gasteiger partial charge in [0.15, 0.2) is 5.96 Å². The number of thiophene rings is 1. The van der Waals surface area contributed by atoms with E-state index in [4.69, 9.17) is 11.6 Å². The van der Waals surface area contributed by atoms with E-state index in [-0.39, 0.29) is 24.0 Å². The predicted molar refractivity (Wildman–Crippen MR) is 106 cm³/mol. The van der Waals surface area contributed by atoms with Gasteiger partial charge in [-0.25, -0.2) is 4.98 Å². The van der Waals surface area contributed by atoms with Crippen LogP contribution in [0.25, 0.3) is 0 Å². The summed E-state index contributed by atoms with van der Waals surface area (Å²) in [5.41, 5.74) is 1.15. The first-order valence-electron chi connectivity index (χ1n) is 6.85. The summed E-state index contributed by atoms with van der Waals surface area (Å²) < 4.78 is 0. The fourth-order valence-corrected chi connectivity index (χ4v) is 2.68. The number of aromatic nitrogens is 1. The lowest BCUT2D eigenvalue weighted by molar-refractivity contribution is 0.786. The quantitative estimate of drug-likeness (QED) is 0.307. The summed E-state index contributed by atoms with van der Waals surface area (Å²) in [6.45, 7) is 1.69. The van der Waals surface area contributed by atoms with Gasteiger partial charge in [-0.15, -0.1) is 35.3 Å². The van der Waals surface area contributed by atoms with Crippen molar-refractivity contribution in [3.8, 4) is 0 Å². The average Bonchev–Trinajstić information content (AvgIpc) is 3.01. The van der Waals surface area contributed by atoms with Crippen LogP contribution in [-0.4, -0.2) is 31.1 Å². The second-order valence-corrected chi connectivity index (χ2v) is 5.91. The molecule has 0 saturated heterocycles. The Kier molecular flexibility index (Phi) is 9.42. The molecule has 2 aromatic heterocycles. The molecule has 2 rings (SSSR count). The molecular formula is C15H20ClIN4S. The van der Waals surface area contributed by atoms with Crippen LogP contribution in [0.3, 0.4) is 0 Å². The number of rotatable bonds is 6. The van der Waals surface area contributed by atoms with Gasteiger partial charge < -0.3 is 10.6 Å². The fourth-order valence-electron chi connectivity index (χ4n) is 1.86. The zero-order valence-corrected chi connectivity index (χ0v) is 16.3. The van der Waals surface area contributed by atoms with Crippen molar-refractivity contribution in [1.29, 1.82) is 0 Å². The highest BCUT2D eigenvalue weighted by atomic mass is 127. The molecule has 2 N–H and O–H groups in total. The Morgan fingerprint density at radius 3 is 2.59 bits per heavy atom. The third kappa shape index (κ3) is 6.93. The predicted octanol–water partition coefficient (Wildman–Crippen LogP) is 3.36. The molecule has 0 atom stereocenters. The summed E-state index contributed by atoms with van der Waals surface area (Å²) in [5, 5.41) is 9.23. The standard InChI is InChI=1S/C15H19ClN4S.HI/c1-17-15(19-9-7-13-3-2-10-21-13)18-8-6-12-4-5-14(16)20-11-12;/h2-5,10-11H,6-9H2,1H3,(H2,17,18,19);1H. The monoisotopic (exact) mass is 450 g/mol. The van der Waals surface area contributed by atoms with E-state index in [2.05, 4.69) is 38.1 Å². The van der Waals surface area contributed by atoms with Crippen LogP contribution in [0.4, 0.5) is 0 Å². The summed E-state index contributed by atoms with van der Waals surface area (Å²) >= 11 is 7.54. The molecule has 0 amide bonds. The van der Waals surface area contributed by atoms with E-state index >= 15 is 0 Å². The van der Waals surface area contributed by atoms with Crippen molar-refractivity contribution >= 4 is 52.9 Å². The number of nitrogens with zero attached hydrogens (tertiary/aromatic N) is 2. The van der Waals surface area contributed by atoms with Gasteiger partial charge in [-0.2, -0.15) is 0 Å². The molecule has 7 heteroatoms. The zero-order valence-electron chi connectivity index (χ0n) is 12.4. The topological polar surface area (TPSA) is 49.3 Å². The first kappa shape index (κ1) is 19.2. The van der Waals surface area contributed by atoms with Crippen LogP contribution in [0.2, 0.25) is 5.15 Å². The van der Waals surface area contributed by atoms with Gasteiger partial charge in [0.1, 0.15) is 5.15 Å². The van der Waals surface area contributed by atoms with Gasteiger partial charge in [0, 0.05) is 31.2 Å². The molecule has 0 fully saturated rings. The highest BCUT2D eigenvalue weighted by molar-refractivity contribution is 14.0. The Labute approximate surface area is 157 Å². The molecule has 0 unspecified atom stereocenters. The second kappa shape index (κ2) is 10.8. The van der Waals surface area contributed by atoms with Crippen LogP contribution in [-0.2, 0) is 12.8 Å². The van der Waals surface area contributed by atoms with E-state index in [1.165, 1.54) is 4.88 Å². The Hall–Kier alpha value is -0.860. The SMILES string of the molecule is CN=C(NCCc1ccc(Cl)nc1)NCCc1cccs1.I. The van der Waals surface area contributed by atoms with Gasteiger partial charge in [0.05, 0.1) is 0 Å². The number of hydrogen-bond donors (Lipinski definition) is 2. The lowest BCUT2D eigenvalue weighted by Crippen LogP contribution is -2.39. The molecule has 0 saturated carbocycles. The van der Waals surface area contributed by atoms with Crippen LogP contribution in [0.15, 0.2) is 40.8 Å². The molecule has 2 aromatic rings. The highest BCUT2D eigenvalue weighted by Gasteiger charge is 1.99. The number of guanidine groups is 1. The maximum absolute atomic E-state index is 5.76. The van der Waals surface area contributed by atoms with Gasteiger partial charge >= 0.3 is 0 Å². The first-order chi connectivity index (χ1) is 10.3. The largest absolute Gasteiger partial charge is 0.356 e. The van der Waals surface area contributed by atoms with E-state index < -0.39 is 0 Å². The molecule has 0 aromatic carbocycles. The van der Waals surface area contributed by atoms with Crippen LogP contribution in [0, 0.1) is 0 Å². The van der Waals surface area contributed by atoms with Crippen LogP contribution in [0.1, 0.15) is 10.4 Å². The minimum absolute atomic E-state index is 0. The zero-order chi connectivity index (χ0) is 14.9.